The number of pyridine rings is 1. The molecule has 5 heteroatoms. The summed E-state index contributed by atoms with van der Waals surface area (Å²) >= 11 is 3.48. The van der Waals surface area contributed by atoms with Crippen molar-refractivity contribution in [3.63, 3.8) is 0 Å². The summed E-state index contributed by atoms with van der Waals surface area (Å²) in [7, 11) is 1.63. The number of nitrogens with zero attached hydrogens (tertiary/aromatic N) is 2. The molecule has 17 heavy (non-hydrogen) atoms. The number of aromatic nitrogens is 2. The maximum absolute atomic E-state index is 11.9. The molecular formula is C12H14BrN3O. The van der Waals surface area contributed by atoms with Crippen molar-refractivity contribution in [2.75, 3.05) is 7.05 Å². The van der Waals surface area contributed by atoms with Gasteiger partial charge in [-0.05, 0) is 40.9 Å². The van der Waals surface area contributed by atoms with Crippen LogP contribution in [0.3, 0.4) is 0 Å². The number of imidazole rings is 1. The van der Waals surface area contributed by atoms with Crippen molar-refractivity contribution in [3.8, 4) is 0 Å². The van der Waals surface area contributed by atoms with Gasteiger partial charge in [-0.2, -0.15) is 0 Å². The molecule has 0 aliphatic heterocycles. The van der Waals surface area contributed by atoms with Gasteiger partial charge >= 0.3 is 0 Å². The van der Waals surface area contributed by atoms with Crippen LogP contribution in [0.5, 0.6) is 0 Å². The Morgan fingerprint density at radius 2 is 2.29 bits per heavy atom. The lowest BCUT2D eigenvalue weighted by molar-refractivity contribution is 0.0956. The fourth-order valence-corrected chi connectivity index (χ4v) is 2.53. The number of hydrogen-bond acceptors (Lipinski definition) is 2. The number of aryl methyl sites for hydroxylation is 2. The molecule has 0 aromatic carbocycles. The first-order valence-corrected chi connectivity index (χ1v) is 6.27. The van der Waals surface area contributed by atoms with Gasteiger partial charge in [0.2, 0.25) is 0 Å². The fraction of sp³-hybridized carbons (Fsp3) is 0.333. The van der Waals surface area contributed by atoms with Crippen LogP contribution >= 0.6 is 15.9 Å². The van der Waals surface area contributed by atoms with E-state index in [-0.39, 0.29) is 5.91 Å². The normalized spacial score (nSPS) is 10.8. The molecule has 1 N–H and O–H groups in total. The van der Waals surface area contributed by atoms with Crippen LogP contribution in [0.4, 0.5) is 0 Å². The zero-order chi connectivity index (χ0) is 12.6. The zero-order valence-corrected chi connectivity index (χ0v) is 11.6. The minimum absolute atomic E-state index is 0.105. The lowest BCUT2D eigenvalue weighted by Crippen LogP contribution is -2.21. The summed E-state index contributed by atoms with van der Waals surface area (Å²) in [5.74, 6) is -0.105. The van der Waals surface area contributed by atoms with Gasteiger partial charge in [0.1, 0.15) is 5.69 Å². The van der Waals surface area contributed by atoms with Gasteiger partial charge in [0.05, 0.1) is 10.2 Å². The predicted molar refractivity (Wildman–Crippen MR) is 70.4 cm³/mol. The Hall–Kier alpha value is -1.36. The molecule has 2 rings (SSSR count). The van der Waals surface area contributed by atoms with Gasteiger partial charge in [0.15, 0.2) is 5.65 Å². The molecule has 0 saturated carbocycles. The number of rotatable bonds is 2. The maximum atomic E-state index is 11.9. The van der Waals surface area contributed by atoms with E-state index in [1.165, 1.54) is 0 Å². The molecule has 0 unspecified atom stereocenters. The molecule has 1 amide bonds. The van der Waals surface area contributed by atoms with Crippen molar-refractivity contribution in [1.29, 1.82) is 0 Å². The minimum atomic E-state index is -0.105. The Morgan fingerprint density at radius 1 is 1.59 bits per heavy atom. The van der Waals surface area contributed by atoms with Gasteiger partial charge in [-0.1, -0.05) is 6.92 Å². The van der Waals surface area contributed by atoms with Crippen LogP contribution < -0.4 is 5.32 Å². The molecule has 0 saturated heterocycles. The highest BCUT2D eigenvalue weighted by Gasteiger charge is 2.18. The lowest BCUT2D eigenvalue weighted by Gasteiger charge is -2.04. The first kappa shape index (κ1) is 12.1. The van der Waals surface area contributed by atoms with Crippen LogP contribution in [-0.4, -0.2) is 22.3 Å². The molecule has 0 aliphatic rings. The topological polar surface area (TPSA) is 46.4 Å². The molecule has 4 nitrogen and oxygen atoms in total. The fourth-order valence-electron chi connectivity index (χ4n) is 1.88. The molecule has 0 aliphatic carbocycles. The number of amides is 1. The van der Waals surface area contributed by atoms with Crippen LogP contribution in [0.2, 0.25) is 0 Å². The van der Waals surface area contributed by atoms with E-state index >= 15 is 0 Å². The molecule has 0 fully saturated rings. The minimum Gasteiger partial charge on any atom is -0.354 e. The van der Waals surface area contributed by atoms with E-state index in [0.717, 1.165) is 27.8 Å². The molecule has 0 atom stereocenters. The number of halogens is 1. The largest absolute Gasteiger partial charge is 0.354 e. The van der Waals surface area contributed by atoms with Crippen molar-refractivity contribution in [1.82, 2.24) is 14.7 Å². The summed E-state index contributed by atoms with van der Waals surface area (Å²) in [5.41, 5.74) is 3.30. The third-order valence-electron chi connectivity index (χ3n) is 2.66. The second-order valence-electron chi connectivity index (χ2n) is 3.90. The highest BCUT2D eigenvalue weighted by Crippen LogP contribution is 2.22. The molecule has 2 aromatic rings. The van der Waals surface area contributed by atoms with Crippen LogP contribution in [0.25, 0.3) is 5.65 Å². The smallest absolute Gasteiger partial charge is 0.269 e. The molecule has 2 aromatic heterocycles. The number of hydrogen-bond donors (Lipinski definition) is 1. The Labute approximate surface area is 108 Å². The van der Waals surface area contributed by atoms with E-state index in [2.05, 4.69) is 26.2 Å². The summed E-state index contributed by atoms with van der Waals surface area (Å²) < 4.78 is 2.75. The predicted octanol–water partition coefficient (Wildman–Crippen LogP) is 2.33. The third kappa shape index (κ3) is 1.95. The summed E-state index contributed by atoms with van der Waals surface area (Å²) in [4.78, 5) is 16.4. The van der Waals surface area contributed by atoms with Crippen LogP contribution in [0.1, 0.15) is 28.7 Å². The van der Waals surface area contributed by atoms with Crippen molar-refractivity contribution >= 4 is 27.5 Å². The van der Waals surface area contributed by atoms with E-state index in [9.17, 15) is 4.79 Å². The van der Waals surface area contributed by atoms with Gasteiger partial charge in [-0.25, -0.2) is 4.98 Å². The van der Waals surface area contributed by atoms with Crippen LogP contribution in [-0.2, 0) is 6.42 Å². The number of nitrogens with one attached hydrogen (secondary N) is 1. The second kappa shape index (κ2) is 4.49. The van der Waals surface area contributed by atoms with E-state index in [1.54, 1.807) is 7.05 Å². The van der Waals surface area contributed by atoms with Crippen LogP contribution in [0, 0.1) is 6.92 Å². The van der Waals surface area contributed by atoms with Gasteiger partial charge in [-0.3, -0.25) is 9.20 Å². The highest BCUT2D eigenvalue weighted by molar-refractivity contribution is 9.10. The van der Waals surface area contributed by atoms with E-state index in [1.807, 2.05) is 30.5 Å². The molecular weight excluding hydrogens is 282 g/mol. The van der Waals surface area contributed by atoms with Gasteiger partial charge in [0, 0.05) is 13.2 Å². The van der Waals surface area contributed by atoms with E-state index in [0.29, 0.717) is 5.69 Å². The Bertz CT molecular complexity index is 589. The van der Waals surface area contributed by atoms with Gasteiger partial charge < -0.3 is 5.32 Å². The van der Waals surface area contributed by atoms with E-state index < -0.39 is 0 Å². The monoisotopic (exact) mass is 295 g/mol. The molecule has 0 bridgehead atoms. The van der Waals surface area contributed by atoms with Gasteiger partial charge in [0.25, 0.3) is 5.91 Å². The molecule has 90 valence electrons. The quantitative estimate of drug-likeness (QED) is 0.924. The molecule has 2 heterocycles. The highest BCUT2D eigenvalue weighted by atomic mass is 79.9. The average molecular weight is 296 g/mol. The molecule has 0 radical (unpaired) electrons. The Kier molecular flexibility index (Phi) is 3.19. The van der Waals surface area contributed by atoms with Crippen molar-refractivity contribution in [2.24, 2.45) is 0 Å². The Balaban J connectivity index is 2.83. The first-order valence-electron chi connectivity index (χ1n) is 5.47. The summed E-state index contributed by atoms with van der Waals surface area (Å²) in [6.07, 6.45) is 2.66. The summed E-state index contributed by atoms with van der Waals surface area (Å²) in [6.45, 7) is 3.98. The second-order valence-corrected chi connectivity index (χ2v) is 4.75. The lowest BCUT2D eigenvalue weighted by atomic mass is 10.2. The van der Waals surface area contributed by atoms with Crippen LogP contribution in [0.15, 0.2) is 16.7 Å². The zero-order valence-electron chi connectivity index (χ0n) is 10.0. The first-order chi connectivity index (χ1) is 8.08. The van der Waals surface area contributed by atoms with Crippen molar-refractivity contribution < 1.29 is 4.79 Å². The maximum Gasteiger partial charge on any atom is 0.269 e. The number of carbonyl (C=O) groups excluding carboxylic acids is 1. The van der Waals surface area contributed by atoms with Crippen molar-refractivity contribution in [3.05, 3.63) is 33.7 Å². The summed E-state index contributed by atoms with van der Waals surface area (Å²) in [6, 6.07) is 2.00. The third-order valence-corrected chi connectivity index (χ3v) is 3.24. The van der Waals surface area contributed by atoms with E-state index in [4.69, 9.17) is 0 Å². The van der Waals surface area contributed by atoms with Crippen molar-refractivity contribution in [2.45, 2.75) is 20.3 Å². The Morgan fingerprint density at radius 3 is 2.88 bits per heavy atom. The SMILES string of the molecule is CCc1nc2c(Br)cc(C)cn2c1C(=O)NC. The standard InChI is InChI=1S/C12H14BrN3O/c1-4-9-10(12(17)14-3)16-6-7(2)5-8(13)11(16)15-9/h5-6H,4H2,1-3H3,(H,14,17). The average Bonchev–Trinajstić information content (AvgIpc) is 2.66. The summed E-state index contributed by atoms with van der Waals surface area (Å²) in [5, 5.41) is 2.66. The number of fused-ring (bicyclic) bond motifs is 1. The molecule has 0 spiro atoms. The number of carbonyl (C=O) groups is 1. The van der Waals surface area contributed by atoms with Gasteiger partial charge in [-0.15, -0.1) is 0 Å².